The quantitative estimate of drug-likeness (QED) is 0.720. The number of aromatic nitrogens is 1. The normalized spacial score (nSPS) is 11.0. The van der Waals surface area contributed by atoms with E-state index in [4.69, 9.17) is 10.5 Å². The number of anilines is 2. The van der Waals surface area contributed by atoms with Crippen molar-refractivity contribution in [1.29, 1.82) is 0 Å². The van der Waals surface area contributed by atoms with Gasteiger partial charge in [0.05, 0.1) is 5.69 Å². The molecule has 1 heterocycles. The van der Waals surface area contributed by atoms with Crippen LogP contribution in [0.4, 0.5) is 16.3 Å². The first-order valence-electron chi connectivity index (χ1n) is 6.71. The minimum Gasteiger partial charge on any atom is -0.444 e. The number of ether oxygens (including phenoxy) is 1. The van der Waals surface area contributed by atoms with Crippen molar-refractivity contribution in [1.82, 2.24) is 10.3 Å². The number of nitrogens with two attached hydrogens (primary N) is 1. The molecule has 1 amide bonds. The zero-order valence-electron chi connectivity index (χ0n) is 12.6. The predicted molar refractivity (Wildman–Crippen MR) is 80.7 cm³/mol. The van der Waals surface area contributed by atoms with E-state index in [1.807, 2.05) is 33.8 Å². The van der Waals surface area contributed by atoms with E-state index in [2.05, 4.69) is 15.6 Å². The molecule has 112 valence electrons. The van der Waals surface area contributed by atoms with Crippen LogP contribution in [0.15, 0.2) is 12.3 Å². The van der Waals surface area contributed by atoms with Crippen LogP contribution in [0.25, 0.3) is 0 Å². The average molecular weight is 280 g/mol. The molecule has 0 fully saturated rings. The van der Waals surface area contributed by atoms with Gasteiger partial charge in [-0.3, -0.25) is 0 Å². The van der Waals surface area contributed by atoms with Crippen LogP contribution in [0, 0.1) is 6.92 Å². The minimum absolute atomic E-state index is 0.398. The molecule has 0 radical (unpaired) electrons. The van der Waals surface area contributed by atoms with Gasteiger partial charge in [-0.1, -0.05) is 0 Å². The van der Waals surface area contributed by atoms with Crippen LogP contribution in [-0.2, 0) is 4.74 Å². The van der Waals surface area contributed by atoms with Crippen LogP contribution < -0.4 is 16.4 Å². The summed E-state index contributed by atoms with van der Waals surface area (Å²) in [5, 5.41) is 5.85. The van der Waals surface area contributed by atoms with Crippen molar-refractivity contribution < 1.29 is 9.53 Å². The van der Waals surface area contributed by atoms with Crippen molar-refractivity contribution in [2.75, 3.05) is 24.1 Å². The first kappa shape index (κ1) is 16.1. The van der Waals surface area contributed by atoms with Crippen LogP contribution in [0.1, 0.15) is 32.8 Å². The highest BCUT2D eigenvalue weighted by Gasteiger charge is 2.15. The van der Waals surface area contributed by atoms with E-state index in [9.17, 15) is 4.79 Å². The molecule has 0 atom stereocenters. The average Bonchev–Trinajstić information content (AvgIpc) is 2.31. The number of aryl methyl sites for hydroxylation is 1. The summed E-state index contributed by atoms with van der Waals surface area (Å²) in [5.41, 5.74) is 7.08. The number of hydrogen-bond donors (Lipinski definition) is 3. The largest absolute Gasteiger partial charge is 0.444 e. The van der Waals surface area contributed by atoms with Gasteiger partial charge in [0, 0.05) is 19.3 Å². The summed E-state index contributed by atoms with van der Waals surface area (Å²) in [7, 11) is 0. The second-order valence-electron chi connectivity index (χ2n) is 5.60. The molecule has 6 heteroatoms. The fourth-order valence-corrected chi connectivity index (χ4v) is 1.51. The Balaban J connectivity index is 2.23. The predicted octanol–water partition coefficient (Wildman–Crippen LogP) is 2.30. The van der Waals surface area contributed by atoms with Gasteiger partial charge in [-0.05, 0) is 45.7 Å². The Morgan fingerprint density at radius 1 is 1.40 bits per heavy atom. The lowest BCUT2D eigenvalue weighted by Crippen LogP contribution is -2.33. The molecule has 0 saturated carbocycles. The van der Waals surface area contributed by atoms with Gasteiger partial charge in [0.2, 0.25) is 0 Å². The van der Waals surface area contributed by atoms with Gasteiger partial charge < -0.3 is 21.1 Å². The number of rotatable bonds is 5. The molecule has 0 aromatic carbocycles. The number of carbonyl (C=O) groups is 1. The molecular weight excluding hydrogens is 256 g/mol. The molecule has 1 rings (SSSR count). The second kappa shape index (κ2) is 6.98. The molecule has 0 bridgehead atoms. The summed E-state index contributed by atoms with van der Waals surface area (Å²) in [6.45, 7) is 8.65. The minimum atomic E-state index is -0.470. The molecule has 6 nitrogen and oxygen atoms in total. The van der Waals surface area contributed by atoms with E-state index in [0.29, 0.717) is 24.6 Å². The molecule has 0 unspecified atom stereocenters. The highest BCUT2D eigenvalue weighted by molar-refractivity contribution is 5.67. The van der Waals surface area contributed by atoms with Gasteiger partial charge in [0.15, 0.2) is 0 Å². The topological polar surface area (TPSA) is 89.3 Å². The lowest BCUT2D eigenvalue weighted by molar-refractivity contribution is 0.0528. The van der Waals surface area contributed by atoms with Crippen molar-refractivity contribution in [3.63, 3.8) is 0 Å². The number of carbonyl (C=O) groups excluding carboxylic acids is 1. The van der Waals surface area contributed by atoms with Crippen LogP contribution in [0.5, 0.6) is 0 Å². The number of nitrogens with one attached hydrogen (secondary N) is 2. The summed E-state index contributed by atoms with van der Waals surface area (Å²) in [6, 6.07) is 1.87. The molecule has 4 N–H and O–H groups in total. The SMILES string of the molecule is Cc1ccnc(NCCCNC(=O)OC(C)(C)C)c1N. The number of nitrogen functional groups attached to an aromatic ring is 1. The Hall–Kier alpha value is -1.98. The monoisotopic (exact) mass is 280 g/mol. The molecule has 0 aliphatic heterocycles. The summed E-state index contributed by atoms with van der Waals surface area (Å²) < 4.78 is 5.13. The smallest absolute Gasteiger partial charge is 0.407 e. The maximum atomic E-state index is 11.4. The highest BCUT2D eigenvalue weighted by Crippen LogP contribution is 2.18. The summed E-state index contributed by atoms with van der Waals surface area (Å²) in [6.07, 6.45) is 2.08. The maximum absolute atomic E-state index is 11.4. The summed E-state index contributed by atoms with van der Waals surface area (Å²) in [5.74, 6) is 0.683. The van der Waals surface area contributed by atoms with E-state index in [-0.39, 0.29) is 0 Å². The Bertz CT molecular complexity index is 455. The third kappa shape index (κ3) is 5.77. The van der Waals surface area contributed by atoms with E-state index in [1.165, 1.54) is 0 Å². The van der Waals surface area contributed by atoms with Crippen molar-refractivity contribution in [2.45, 2.75) is 39.7 Å². The van der Waals surface area contributed by atoms with Gasteiger partial charge in [0.1, 0.15) is 11.4 Å². The Labute approximate surface area is 120 Å². The zero-order valence-corrected chi connectivity index (χ0v) is 12.6. The van der Waals surface area contributed by atoms with Crippen LogP contribution in [0.2, 0.25) is 0 Å². The van der Waals surface area contributed by atoms with Gasteiger partial charge in [-0.2, -0.15) is 0 Å². The van der Waals surface area contributed by atoms with Gasteiger partial charge in [-0.25, -0.2) is 9.78 Å². The maximum Gasteiger partial charge on any atom is 0.407 e. The lowest BCUT2D eigenvalue weighted by Gasteiger charge is -2.19. The molecule has 0 aliphatic rings. The molecule has 0 spiro atoms. The molecule has 1 aromatic heterocycles. The van der Waals surface area contributed by atoms with E-state index in [1.54, 1.807) is 6.20 Å². The molecule has 0 aliphatic carbocycles. The van der Waals surface area contributed by atoms with E-state index >= 15 is 0 Å². The third-order valence-electron chi connectivity index (χ3n) is 2.52. The van der Waals surface area contributed by atoms with Gasteiger partial charge in [-0.15, -0.1) is 0 Å². The lowest BCUT2D eigenvalue weighted by atomic mass is 10.2. The van der Waals surface area contributed by atoms with E-state index in [0.717, 1.165) is 12.0 Å². The molecule has 1 aromatic rings. The molecular formula is C14H24N4O2. The number of hydrogen-bond acceptors (Lipinski definition) is 5. The standard InChI is InChI=1S/C14H24N4O2/c1-10-6-9-17-12(11(10)15)16-7-5-8-18-13(19)20-14(2,3)4/h6,9H,5,7-8,15H2,1-4H3,(H,16,17)(H,18,19). The number of nitrogens with zero attached hydrogens (tertiary/aromatic N) is 1. The second-order valence-corrected chi connectivity index (χ2v) is 5.60. The Morgan fingerprint density at radius 3 is 2.75 bits per heavy atom. The first-order valence-corrected chi connectivity index (χ1v) is 6.71. The van der Waals surface area contributed by atoms with Crippen LogP contribution >= 0.6 is 0 Å². The Morgan fingerprint density at radius 2 is 2.10 bits per heavy atom. The van der Waals surface area contributed by atoms with E-state index < -0.39 is 11.7 Å². The van der Waals surface area contributed by atoms with Crippen molar-refractivity contribution in [2.24, 2.45) is 0 Å². The number of alkyl carbamates (subject to hydrolysis) is 1. The van der Waals surface area contributed by atoms with Gasteiger partial charge >= 0.3 is 6.09 Å². The molecule has 0 saturated heterocycles. The summed E-state index contributed by atoms with van der Waals surface area (Å²) >= 11 is 0. The number of pyridine rings is 1. The third-order valence-corrected chi connectivity index (χ3v) is 2.52. The van der Waals surface area contributed by atoms with Crippen molar-refractivity contribution in [3.8, 4) is 0 Å². The fraction of sp³-hybridized carbons (Fsp3) is 0.571. The highest BCUT2D eigenvalue weighted by atomic mass is 16.6. The Kier molecular flexibility index (Phi) is 5.61. The van der Waals surface area contributed by atoms with Crippen molar-refractivity contribution >= 4 is 17.6 Å². The fourth-order valence-electron chi connectivity index (χ4n) is 1.51. The first-order chi connectivity index (χ1) is 9.29. The van der Waals surface area contributed by atoms with Crippen molar-refractivity contribution in [3.05, 3.63) is 17.8 Å². The summed E-state index contributed by atoms with van der Waals surface area (Å²) in [4.78, 5) is 15.6. The van der Waals surface area contributed by atoms with Gasteiger partial charge in [0.25, 0.3) is 0 Å². The zero-order chi connectivity index (χ0) is 15.2. The van der Waals surface area contributed by atoms with Crippen LogP contribution in [-0.4, -0.2) is 29.8 Å². The molecule has 20 heavy (non-hydrogen) atoms. The van der Waals surface area contributed by atoms with Crippen LogP contribution in [0.3, 0.4) is 0 Å². The number of amides is 1.